The maximum Gasteiger partial charge on any atom is 0.231 e. The summed E-state index contributed by atoms with van der Waals surface area (Å²) < 4.78 is 10.9. The Kier molecular flexibility index (Phi) is 8.63. The number of fused-ring (bicyclic) bond motifs is 1. The van der Waals surface area contributed by atoms with E-state index in [-0.39, 0.29) is 0 Å². The number of unbranched alkanes of at least 4 members (excludes halogenated alkanes) is 1. The molecule has 1 saturated heterocycles. The van der Waals surface area contributed by atoms with Crippen molar-refractivity contribution in [3.05, 3.63) is 23.8 Å². The molecule has 0 radical (unpaired) electrons. The van der Waals surface area contributed by atoms with Crippen LogP contribution in [0.15, 0.2) is 23.2 Å². The largest absolute Gasteiger partial charge is 0.454 e. The van der Waals surface area contributed by atoms with Crippen molar-refractivity contribution in [2.75, 3.05) is 59.7 Å². The number of nitrogens with zero attached hydrogens (tertiary/aromatic N) is 4. The van der Waals surface area contributed by atoms with Gasteiger partial charge in [0.25, 0.3) is 0 Å². The Morgan fingerprint density at radius 2 is 1.90 bits per heavy atom. The fourth-order valence-electron chi connectivity index (χ4n) is 3.76. The van der Waals surface area contributed by atoms with Gasteiger partial charge in [0, 0.05) is 51.9 Å². The molecule has 1 fully saturated rings. The van der Waals surface area contributed by atoms with Crippen molar-refractivity contribution >= 4 is 5.96 Å². The van der Waals surface area contributed by atoms with Crippen molar-refractivity contribution in [3.8, 4) is 11.5 Å². The number of benzene rings is 1. The number of piperazine rings is 1. The van der Waals surface area contributed by atoms with Gasteiger partial charge in [-0.3, -0.25) is 9.89 Å². The fraction of sp³-hybridized carbons (Fsp3) is 0.696. The van der Waals surface area contributed by atoms with Crippen molar-refractivity contribution < 1.29 is 9.47 Å². The Balaban J connectivity index is 1.43. The summed E-state index contributed by atoms with van der Waals surface area (Å²) >= 11 is 0. The first kappa shape index (κ1) is 22.7. The molecule has 2 aliphatic rings. The second kappa shape index (κ2) is 11.4. The lowest BCUT2D eigenvalue weighted by Crippen LogP contribution is -2.52. The summed E-state index contributed by atoms with van der Waals surface area (Å²) in [7, 11) is 2.20. The minimum Gasteiger partial charge on any atom is -0.454 e. The van der Waals surface area contributed by atoms with Crippen LogP contribution in [0.1, 0.15) is 39.2 Å². The number of guanidine groups is 1. The normalized spacial score (nSPS) is 17.3. The third kappa shape index (κ3) is 6.51. The van der Waals surface area contributed by atoms with Crippen LogP contribution in [-0.2, 0) is 6.54 Å². The average molecular weight is 418 g/mol. The van der Waals surface area contributed by atoms with E-state index >= 15 is 0 Å². The molecular formula is C23H39N5O2. The Hall–Kier alpha value is -1.99. The van der Waals surface area contributed by atoms with Crippen LogP contribution in [0.3, 0.4) is 0 Å². The molecule has 0 bridgehead atoms. The molecule has 1 aromatic rings. The zero-order valence-electron chi connectivity index (χ0n) is 19.2. The van der Waals surface area contributed by atoms with Gasteiger partial charge in [-0.05, 0) is 64.9 Å². The van der Waals surface area contributed by atoms with Gasteiger partial charge in [0.1, 0.15) is 0 Å². The maximum atomic E-state index is 5.51. The van der Waals surface area contributed by atoms with Gasteiger partial charge in [-0.25, -0.2) is 0 Å². The highest BCUT2D eigenvalue weighted by atomic mass is 16.7. The van der Waals surface area contributed by atoms with Gasteiger partial charge in [0.2, 0.25) is 6.79 Å². The number of ether oxygens (including phenoxy) is 2. The van der Waals surface area contributed by atoms with E-state index in [0.29, 0.717) is 12.8 Å². The summed E-state index contributed by atoms with van der Waals surface area (Å²) in [6.07, 6.45) is 2.33. The van der Waals surface area contributed by atoms with Gasteiger partial charge in [0.15, 0.2) is 17.5 Å². The van der Waals surface area contributed by atoms with E-state index in [1.54, 1.807) is 0 Å². The molecule has 0 aromatic heterocycles. The van der Waals surface area contributed by atoms with Crippen molar-refractivity contribution in [1.82, 2.24) is 20.0 Å². The number of rotatable bonds is 9. The van der Waals surface area contributed by atoms with Crippen LogP contribution in [0.25, 0.3) is 0 Å². The predicted octanol–water partition coefficient (Wildman–Crippen LogP) is 2.62. The zero-order chi connectivity index (χ0) is 21.3. The summed E-state index contributed by atoms with van der Waals surface area (Å²) in [6.45, 7) is 14.9. The van der Waals surface area contributed by atoms with E-state index in [2.05, 4.69) is 60.0 Å². The van der Waals surface area contributed by atoms with Crippen molar-refractivity contribution in [2.24, 2.45) is 4.99 Å². The van der Waals surface area contributed by atoms with Gasteiger partial charge in [-0.2, -0.15) is 0 Å². The maximum absolute atomic E-state index is 5.51. The Morgan fingerprint density at radius 3 is 2.63 bits per heavy atom. The molecule has 7 heteroatoms. The zero-order valence-corrected chi connectivity index (χ0v) is 19.2. The minimum absolute atomic E-state index is 0.332. The Morgan fingerprint density at radius 1 is 1.13 bits per heavy atom. The lowest BCUT2D eigenvalue weighted by Gasteiger charge is -2.36. The van der Waals surface area contributed by atoms with Crippen LogP contribution < -0.4 is 14.8 Å². The molecule has 3 rings (SSSR count). The average Bonchev–Trinajstić information content (AvgIpc) is 3.21. The molecular weight excluding hydrogens is 378 g/mol. The standard InChI is InChI=1S/C23H39N5O2/c1-5-24-23(25-10-6-7-11-26(4)19(2)3)28-14-12-27(13-15-28)17-20-8-9-21-22(16-20)30-18-29-21/h8-9,16,19H,5-7,10-15,17-18H2,1-4H3,(H,24,25). The van der Waals surface area contributed by atoms with E-state index in [1.165, 1.54) is 12.0 Å². The molecule has 168 valence electrons. The van der Waals surface area contributed by atoms with Gasteiger partial charge < -0.3 is 24.6 Å². The monoisotopic (exact) mass is 417 g/mol. The van der Waals surface area contributed by atoms with Crippen LogP contribution >= 0.6 is 0 Å². The van der Waals surface area contributed by atoms with Gasteiger partial charge in [-0.1, -0.05) is 6.07 Å². The highest BCUT2D eigenvalue weighted by molar-refractivity contribution is 5.80. The van der Waals surface area contributed by atoms with Gasteiger partial charge >= 0.3 is 0 Å². The van der Waals surface area contributed by atoms with Crippen LogP contribution in [-0.4, -0.2) is 86.4 Å². The minimum atomic E-state index is 0.332. The molecule has 0 unspecified atom stereocenters. The molecule has 1 N–H and O–H groups in total. The van der Waals surface area contributed by atoms with E-state index in [0.717, 1.165) is 76.2 Å². The van der Waals surface area contributed by atoms with E-state index in [1.807, 2.05) is 6.07 Å². The topological polar surface area (TPSA) is 52.6 Å². The van der Waals surface area contributed by atoms with E-state index in [9.17, 15) is 0 Å². The lowest BCUT2D eigenvalue weighted by atomic mass is 10.1. The predicted molar refractivity (Wildman–Crippen MR) is 122 cm³/mol. The summed E-state index contributed by atoms with van der Waals surface area (Å²) in [4.78, 5) is 12.2. The fourth-order valence-corrected chi connectivity index (χ4v) is 3.76. The van der Waals surface area contributed by atoms with Crippen molar-refractivity contribution in [2.45, 2.75) is 46.2 Å². The molecule has 7 nitrogen and oxygen atoms in total. The molecule has 0 aliphatic carbocycles. The summed E-state index contributed by atoms with van der Waals surface area (Å²) in [5.41, 5.74) is 1.28. The van der Waals surface area contributed by atoms with Crippen LogP contribution in [0.4, 0.5) is 0 Å². The second-order valence-electron chi connectivity index (χ2n) is 8.47. The second-order valence-corrected chi connectivity index (χ2v) is 8.47. The third-order valence-electron chi connectivity index (χ3n) is 5.91. The first-order valence-corrected chi connectivity index (χ1v) is 11.4. The van der Waals surface area contributed by atoms with Crippen LogP contribution in [0, 0.1) is 0 Å². The van der Waals surface area contributed by atoms with Crippen LogP contribution in [0.5, 0.6) is 11.5 Å². The Bertz CT molecular complexity index is 686. The molecule has 0 saturated carbocycles. The summed E-state index contributed by atoms with van der Waals surface area (Å²) in [6, 6.07) is 6.88. The van der Waals surface area contributed by atoms with Crippen molar-refractivity contribution in [1.29, 1.82) is 0 Å². The van der Waals surface area contributed by atoms with Gasteiger partial charge in [-0.15, -0.1) is 0 Å². The number of hydrogen-bond donors (Lipinski definition) is 1. The molecule has 1 aromatic carbocycles. The molecule has 2 heterocycles. The van der Waals surface area contributed by atoms with Crippen LogP contribution in [0.2, 0.25) is 0 Å². The van der Waals surface area contributed by atoms with E-state index < -0.39 is 0 Å². The number of aliphatic imine (C=N–C) groups is 1. The highest BCUT2D eigenvalue weighted by Gasteiger charge is 2.20. The Labute approximate surface area is 182 Å². The molecule has 30 heavy (non-hydrogen) atoms. The first-order valence-electron chi connectivity index (χ1n) is 11.4. The van der Waals surface area contributed by atoms with Gasteiger partial charge in [0.05, 0.1) is 0 Å². The lowest BCUT2D eigenvalue weighted by molar-refractivity contribution is 0.171. The van der Waals surface area contributed by atoms with Crippen molar-refractivity contribution in [3.63, 3.8) is 0 Å². The first-order chi connectivity index (χ1) is 14.6. The smallest absolute Gasteiger partial charge is 0.231 e. The molecule has 0 atom stereocenters. The number of hydrogen-bond acceptors (Lipinski definition) is 5. The summed E-state index contributed by atoms with van der Waals surface area (Å²) in [5, 5.41) is 3.48. The highest BCUT2D eigenvalue weighted by Crippen LogP contribution is 2.32. The third-order valence-corrected chi connectivity index (χ3v) is 5.91. The molecule has 2 aliphatic heterocycles. The SMILES string of the molecule is CCNC(=NCCCCN(C)C(C)C)N1CCN(Cc2ccc3c(c2)OCO3)CC1. The summed E-state index contributed by atoms with van der Waals surface area (Å²) in [5.74, 6) is 2.79. The quantitative estimate of drug-likeness (QED) is 0.379. The number of nitrogens with one attached hydrogen (secondary N) is 1. The molecule has 0 amide bonds. The van der Waals surface area contributed by atoms with E-state index in [4.69, 9.17) is 14.5 Å². The molecule has 0 spiro atoms.